The number of carbonyl (C=O) groups is 1. The summed E-state index contributed by atoms with van der Waals surface area (Å²) in [5.41, 5.74) is 1.84. The molecule has 0 radical (unpaired) electrons. The first-order chi connectivity index (χ1) is 14.8. The Morgan fingerprint density at radius 2 is 1.83 bits per heavy atom. The Labute approximate surface area is 180 Å². The number of nitrogens with one attached hydrogen (secondary N) is 3. The maximum Gasteiger partial charge on any atom is 0.408 e. The minimum Gasteiger partial charge on any atom is -0.445 e. The van der Waals surface area contributed by atoms with E-state index in [9.17, 15) is 4.79 Å². The fourth-order valence-electron chi connectivity index (χ4n) is 2.94. The van der Waals surface area contributed by atoms with E-state index in [2.05, 4.69) is 25.2 Å². The molecule has 30 heavy (non-hydrogen) atoms. The zero-order chi connectivity index (χ0) is 21.0. The molecule has 1 aromatic heterocycles. The minimum atomic E-state index is -0.489. The van der Waals surface area contributed by atoms with E-state index in [1.807, 2.05) is 60.7 Å². The number of alkyl carbamates (subject to hydrolysis) is 1. The van der Waals surface area contributed by atoms with E-state index < -0.39 is 6.09 Å². The van der Waals surface area contributed by atoms with Crippen LogP contribution >= 0.6 is 12.1 Å². The largest absolute Gasteiger partial charge is 0.445 e. The number of nitrogens with zero attached hydrogens (tertiary/aromatic N) is 2. The van der Waals surface area contributed by atoms with Gasteiger partial charge in [0, 0.05) is 24.2 Å². The third kappa shape index (κ3) is 6.87. The highest BCUT2D eigenvalue weighted by Crippen LogP contribution is 2.20. The van der Waals surface area contributed by atoms with Crippen LogP contribution in [-0.2, 0) is 11.3 Å². The number of amides is 1. The molecule has 0 bridgehead atoms. The molecule has 0 aliphatic rings. The SMILES string of the molecule is NSNCCCCC(NC(=O)OCc1ccccc1)c1nc(-c2ccccc2)n[nH]1. The van der Waals surface area contributed by atoms with E-state index in [0.29, 0.717) is 18.1 Å². The molecule has 0 saturated heterocycles. The van der Waals surface area contributed by atoms with Crippen LogP contribution in [0.15, 0.2) is 60.7 Å². The predicted octanol–water partition coefficient (Wildman–Crippen LogP) is 3.72. The van der Waals surface area contributed by atoms with Gasteiger partial charge in [0.25, 0.3) is 0 Å². The van der Waals surface area contributed by atoms with Crippen LogP contribution in [-0.4, -0.2) is 27.8 Å². The molecule has 2 aromatic carbocycles. The molecule has 1 unspecified atom stereocenters. The molecule has 1 amide bonds. The third-order valence-electron chi connectivity index (χ3n) is 4.47. The summed E-state index contributed by atoms with van der Waals surface area (Å²) in [5.74, 6) is 1.20. The van der Waals surface area contributed by atoms with Crippen molar-refractivity contribution in [2.24, 2.45) is 5.14 Å². The number of unbranched alkanes of at least 4 members (excludes halogenated alkanes) is 1. The molecule has 0 aliphatic carbocycles. The fourth-order valence-corrected chi connectivity index (χ4v) is 3.20. The Morgan fingerprint density at radius 3 is 2.57 bits per heavy atom. The molecule has 0 saturated carbocycles. The van der Waals surface area contributed by atoms with Crippen molar-refractivity contribution in [1.82, 2.24) is 25.2 Å². The number of ether oxygens (including phenoxy) is 1. The van der Waals surface area contributed by atoms with Gasteiger partial charge in [-0.1, -0.05) is 60.7 Å². The lowest BCUT2D eigenvalue weighted by Gasteiger charge is -2.16. The Balaban J connectivity index is 1.62. The fraction of sp³-hybridized carbons (Fsp3) is 0.286. The number of rotatable bonds is 11. The van der Waals surface area contributed by atoms with Gasteiger partial charge in [-0.15, -0.1) is 0 Å². The van der Waals surface area contributed by atoms with E-state index in [0.717, 1.165) is 42.6 Å². The summed E-state index contributed by atoms with van der Waals surface area (Å²) >= 11 is 1.10. The second-order valence-corrected chi connectivity index (χ2v) is 7.20. The molecule has 158 valence electrons. The molecule has 8 nitrogen and oxygen atoms in total. The van der Waals surface area contributed by atoms with Crippen molar-refractivity contribution in [3.05, 3.63) is 72.1 Å². The van der Waals surface area contributed by atoms with Gasteiger partial charge in [-0.25, -0.2) is 9.78 Å². The van der Waals surface area contributed by atoms with Gasteiger partial charge in [-0.2, -0.15) is 5.10 Å². The van der Waals surface area contributed by atoms with Gasteiger partial charge in [-0.05, 0) is 24.8 Å². The normalized spacial score (nSPS) is 11.8. The van der Waals surface area contributed by atoms with Crippen LogP contribution in [0.25, 0.3) is 11.4 Å². The summed E-state index contributed by atoms with van der Waals surface area (Å²) in [6.45, 7) is 1.00. The Morgan fingerprint density at radius 1 is 1.10 bits per heavy atom. The number of hydrogen-bond acceptors (Lipinski definition) is 7. The van der Waals surface area contributed by atoms with Gasteiger partial charge >= 0.3 is 6.09 Å². The van der Waals surface area contributed by atoms with Gasteiger partial charge in [0.15, 0.2) is 5.82 Å². The van der Waals surface area contributed by atoms with Crippen LogP contribution in [0.4, 0.5) is 4.79 Å². The van der Waals surface area contributed by atoms with Gasteiger partial charge < -0.3 is 10.1 Å². The van der Waals surface area contributed by atoms with Crippen molar-refractivity contribution in [3.63, 3.8) is 0 Å². The van der Waals surface area contributed by atoms with Crippen molar-refractivity contribution >= 4 is 18.2 Å². The van der Waals surface area contributed by atoms with E-state index >= 15 is 0 Å². The van der Waals surface area contributed by atoms with Crippen LogP contribution in [0.5, 0.6) is 0 Å². The number of H-pyrrole nitrogens is 1. The number of hydrogen-bond donors (Lipinski definition) is 4. The molecule has 0 spiro atoms. The van der Waals surface area contributed by atoms with Gasteiger partial charge in [-0.3, -0.25) is 15.0 Å². The highest BCUT2D eigenvalue weighted by atomic mass is 32.2. The number of nitrogens with two attached hydrogens (primary N) is 1. The van der Waals surface area contributed by atoms with Crippen molar-refractivity contribution in [2.45, 2.75) is 31.9 Å². The summed E-state index contributed by atoms with van der Waals surface area (Å²) in [5, 5.41) is 15.6. The van der Waals surface area contributed by atoms with Crippen molar-refractivity contribution in [1.29, 1.82) is 0 Å². The van der Waals surface area contributed by atoms with Gasteiger partial charge in [0.05, 0.1) is 6.04 Å². The number of aromatic nitrogens is 3. The molecule has 3 aromatic rings. The topological polar surface area (TPSA) is 118 Å². The first-order valence-corrected chi connectivity index (χ1v) is 10.7. The van der Waals surface area contributed by atoms with E-state index in [4.69, 9.17) is 9.88 Å². The van der Waals surface area contributed by atoms with Gasteiger partial charge in [0.2, 0.25) is 0 Å². The van der Waals surface area contributed by atoms with E-state index in [1.54, 1.807) is 0 Å². The first-order valence-electron chi connectivity index (χ1n) is 9.80. The molecule has 0 fully saturated rings. The van der Waals surface area contributed by atoms with Crippen molar-refractivity contribution in [3.8, 4) is 11.4 Å². The summed E-state index contributed by atoms with van der Waals surface area (Å²) in [6.07, 6.45) is 2.00. The maximum absolute atomic E-state index is 12.4. The minimum absolute atomic E-state index is 0.211. The Kier molecular flexibility index (Phi) is 8.70. The zero-order valence-corrected chi connectivity index (χ0v) is 17.4. The molecule has 3 rings (SSSR count). The predicted molar refractivity (Wildman–Crippen MR) is 118 cm³/mol. The molecule has 1 heterocycles. The lowest BCUT2D eigenvalue weighted by atomic mass is 10.1. The molecule has 1 atom stereocenters. The number of aromatic amines is 1. The molecular weight excluding hydrogens is 400 g/mol. The van der Waals surface area contributed by atoms with Crippen LogP contribution in [0, 0.1) is 0 Å². The second-order valence-electron chi connectivity index (χ2n) is 6.68. The first kappa shape index (κ1) is 21.8. The van der Waals surface area contributed by atoms with Crippen LogP contribution in [0.2, 0.25) is 0 Å². The Hall–Kier alpha value is -2.88. The standard InChI is InChI=1S/C21H26N6O2S/c22-30-23-14-8-7-13-18(24-21(28)29-15-16-9-3-1-4-10-16)20-25-19(26-27-20)17-11-5-2-6-12-17/h1-6,9-12,18,23H,7-8,13-15,22H2,(H,24,28)(H,25,26,27). The lowest BCUT2D eigenvalue weighted by Crippen LogP contribution is -2.30. The molecular formula is C21H26N6O2S. The quantitative estimate of drug-likeness (QED) is 0.273. The third-order valence-corrected chi connectivity index (χ3v) is 4.85. The molecule has 9 heteroatoms. The van der Waals surface area contributed by atoms with Crippen molar-refractivity contribution in [2.75, 3.05) is 6.54 Å². The molecule has 5 N–H and O–H groups in total. The maximum atomic E-state index is 12.4. The van der Waals surface area contributed by atoms with E-state index in [1.165, 1.54) is 0 Å². The van der Waals surface area contributed by atoms with E-state index in [-0.39, 0.29) is 12.6 Å². The monoisotopic (exact) mass is 426 g/mol. The summed E-state index contributed by atoms with van der Waals surface area (Å²) in [6, 6.07) is 18.9. The smallest absolute Gasteiger partial charge is 0.408 e. The zero-order valence-electron chi connectivity index (χ0n) is 16.6. The summed E-state index contributed by atoms with van der Waals surface area (Å²) < 4.78 is 8.39. The average Bonchev–Trinajstić information content (AvgIpc) is 3.28. The Bertz CT molecular complexity index is 891. The van der Waals surface area contributed by atoms with Gasteiger partial charge in [0.1, 0.15) is 12.4 Å². The highest BCUT2D eigenvalue weighted by Gasteiger charge is 2.20. The number of benzene rings is 2. The number of carbonyl (C=O) groups excluding carboxylic acids is 1. The second kappa shape index (κ2) is 12.0. The molecule has 0 aliphatic heterocycles. The van der Waals surface area contributed by atoms with Crippen LogP contribution < -0.4 is 15.2 Å². The van der Waals surface area contributed by atoms with Crippen LogP contribution in [0.1, 0.15) is 36.7 Å². The average molecular weight is 427 g/mol. The van der Waals surface area contributed by atoms with Crippen LogP contribution in [0.3, 0.4) is 0 Å². The lowest BCUT2D eigenvalue weighted by molar-refractivity contribution is 0.134. The summed E-state index contributed by atoms with van der Waals surface area (Å²) in [7, 11) is 0. The summed E-state index contributed by atoms with van der Waals surface area (Å²) in [4.78, 5) is 17.0. The highest BCUT2D eigenvalue weighted by molar-refractivity contribution is 7.95. The van der Waals surface area contributed by atoms with Crippen molar-refractivity contribution < 1.29 is 9.53 Å².